The minimum atomic E-state index is -0.182. The first-order chi connectivity index (χ1) is 7.24. The lowest BCUT2D eigenvalue weighted by molar-refractivity contribution is 0.101. The van der Waals surface area contributed by atoms with Gasteiger partial charge in [0.05, 0.1) is 6.10 Å². The smallest absolute Gasteiger partial charge is 0.110 e. The maximum atomic E-state index is 10.1. The first-order valence-corrected chi connectivity index (χ1v) is 5.88. The van der Waals surface area contributed by atoms with E-state index < -0.39 is 0 Å². The first-order valence-electron chi connectivity index (χ1n) is 5.88. The van der Waals surface area contributed by atoms with E-state index in [0.717, 1.165) is 17.7 Å². The van der Waals surface area contributed by atoms with Crippen LogP contribution in [0.1, 0.15) is 25.1 Å². The molecule has 0 amide bonds. The molecule has 15 heavy (non-hydrogen) atoms. The van der Waals surface area contributed by atoms with Crippen molar-refractivity contribution in [3.63, 3.8) is 0 Å². The number of rotatable bonds is 3. The Hall–Kier alpha value is -0.830. The SMILES string of the molecule is Cn1ccnc1CC(O)C1CC2CC2C1. The van der Waals surface area contributed by atoms with Crippen LogP contribution in [0.2, 0.25) is 0 Å². The highest BCUT2D eigenvalue weighted by atomic mass is 16.3. The van der Waals surface area contributed by atoms with E-state index in [-0.39, 0.29) is 6.10 Å². The van der Waals surface area contributed by atoms with Crippen LogP contribution in [0.3, 0.4) is 0 Å². The molecule has 0 radical (unpaired) electrons. The molecule has 0 bridgehead atoms. The molecule has 2 aliphatic carbocycles. The summed E-state index contributed by atoms with van der Waals surface area (Å²) in [6.45, 7) is 0. The van der Waals surface area contributed by atoms with Gasteiger partial charge in [0.25, 0.3) is 0 Å². The fourth-order valence-corrected chi connectivity index (χ4v) is 3.02. The molecule has 1 N–H and O–H groups in total. The molecule has 3 nitrogen and oxygen atoms in total. The molecule has 1 heterocycles. The molecule has 1 aromatic heterocycles. The summed E-state index contributed by atoms with van der Waals surface area (Å²) in [7, 11) is 1.99. The minimum absolute atomic E-state index is 0.182. The standard InChI is InChI=1S/C12H18N2O/c1-14-3-2-13-12(14)7-11(15)10-5-8-4-9(8)6-10/h2-3,8-11,15H,4-7H2,1H3. The number of aromatic nitrogens is 2. The molecule has 2 fully saturated rings. The minimum Gasteiger partial charge on any atom is -0.392 e. The maximum Gasteiger partial charge on any atom is 0.110 e. The molecular weight excluding hydrogens is 188 g/mol. The van der Waals surface area contributed by atoms with Crippen molar-refractivity contribution in [2.75, 3.05) is 0 Å². The molecule has 2 aliphatic rings. The van der Waals surface area contributed by atoms with Crippen molar-refractivity contribution in [3.05, 3.63) is 18.2 Å². The number of aryl methyl sites for hydroxylation is 1. The first kappa shape index (κ1) is 9.40. The van der Waals surface area contributed by atoms with Gasteiger partial charge in [-0.15, -0.1) is 0 Å². The van der Waals surface area contributed by atoms with Gasteiger partial charge in [0.1, 0.15) is 5.82 Å². The van der Waals surface area contributed by atoms with Gasteiger partial charge < -0.3 is 9.67 Å². The van der Waals surface area contributed by atoms with E-state index in [9.17, 15) is 5.11 Å². The molecule has 0 aliphatic heterocycles. The van der Waals surface area contributed by atoms with E-state index >= 15 is 0 Å². The van der Waals surface area contributed by atoms with Gasteiger partial charge in [-0.3, -0.25) is 0 Å². The number of hydrogen-bond acceptors (Lipinski definition) is 2. The second-order valence-corrected chi connectivity index (χ2v) is 5.21. The summed E-state index contributed by atoms with van der Waals surface area (Å²) in [4.78, 5) is 4.26. The quantitative estimate of drug-likeness (QED) is 0.811. The fraction of sp³-hybridized carbons (Fsp3) is 0.750. The van der Waals surface area contributed by atoms with Crippen molar-refractivity contribution in [2.24, 2.45) is 24.8 Å². The van der Waals surface area contributed by atoms with Crippen molar-refractivity contribution < 1.29 is 5.11 Å². The molecule has 3 unspecified atom stereocenters. The number of aliphatic hydroxyl groups excluding tert-OH is 1. The molecule has 3 atom stereocenters. The summed E-state index contributed by atoms with van der Waals surface area (Å²) in [5, 5.41) is 10.1. The zero-order valence-electron chi connectivity index (χ0n) is 9.13. The Morgan fingerprint density at radius 3 is 2.80 bits per heavy atom. The van der Waals surface area contributed by atoms with Gasteiger partial charge in [0.15, 0.2) is 0 Å². The normalized spacial score (nSPS) is 35.2. The van der Waals surface area contributed by atoms with E-state index in [1.165, 1.54) is 19.3 Å². The second kappa shape index (κ2) is 3.34. The third kappa shape index (κ3) is 1.69. The van der Waals surface area contributed by atoms with Crippen LogP contribution < -0.4 is 0 Å². The second-order valence-electron chi connectivity index (χ2n) is 5.21. The van der Waals surface area contributed by atoms with Crippen LogP contribution in [-0.4, -0.2) is 20.8 Å². The van der Waals surface area contributed by atoms with Crippen LogP contribution in [-0.2, 0) is 13.5 Å². The number of fused-ring (bicyclic) bond motifs is 1. The molecule has 0 saturated heterocycles. The van der Waals surface area contributed by atoms with Crippen LogP contribution in [0.5, 0.6) is 0 Å². The van der Waals surface area contributed by atoms with Crippen LogP contribution in [0, 0.1) is 17.8 Å². The van der Waals surface area contributed by atoms with Crippen LogP contribution in [0.4, 0.5) is 0 Å². The Morgan fingerprint density at radius 1 is 1.47 bits per heavy atom. The molecule has 3 rings (SSSR count). The Labute approximate surface area is 90.1 Å². The van der Waals surface area contributed by atoms with Crippen LogP contribution in [0.25, 0.3) is 0 Å². The molecule has 1 aromatic rings. The lowest BCUT2D eigenvalue weighted by atomic mass is 9.94. The molecule has 3 heteroatoms. The van der Waals surface area contributed by atoms with Gasteiger partial charge in [-0.1, -0.05) is 0 Å². The summed E-state index contributed by atoms with van der Waals surface area (Å²) < 4.78 is 2.00. The van der Waals surface area contributed by atoms with Crippen molar-refractivity contribution in [2.45, 2.75) is 31.8 Å². The Bertz CT molecular complexity index is 350. The lowest BCUT2D eigenvalue weighted by Gasteiger charge is -2.19. The highest BCUT2D eigenvalue weighted by Crippen LogP contribution is 2.55. The Balaban J connectivity index is 1.61. The fourth-order valence-electron chi connectivity index (χ4n) is 3.02. The lowest BCUT2D eigenvalue weighted by Crippen LogP contribution is -2.23. The number of aliphatic hydroxyl groups is 1. The van der Waals surface area contributed by atoms with Gasteiger partial charge in [0.2, 0.25) is 0 Å². The van der Waals surface area contributed by atoms with Crippen molar-refractivity contribution >= 4 is 0 Å². The van der Waals surface area contributed by atoms with E-state index in [2.05, 4.69) is 4.98 Å². The van der Waals surface area contributed by atoms with Gasteiger partial charge in [-0.25, -0.2) is 4.98 Å². The summed E-state index contributed by atoms with van der Waals surface area (Å²) in [6, 6.07) is 0. The van der Waals surface area contributed by atoms with Crippen molar-refractivity contribution in [3.8, 4) is 0 Å². The average Bonchev–Trinajstić information content (AvgIpc) is 2.64. The topological polar surface area (TPSA) is 38.0 Å². The summed E-state index contributed by atoms with van der Waals surface area (Å²) in [5.41, 5.74) is 0. The highest BCUT2D eigenvalue weighted by molar-refractivity contribution is 5.01. The summed E-state index contributed by atoms with van der Waals surface area (Å²) in [6.07, 6.45) is 8.19. The molecular formula is C12H18N2O. The largest absolute Gasteiger partial charge is 0.392 e. The van der Waals surface area contributed by atoms with E-state index in [0.29, 0.717) is 12.3 Å². The highest BCUT2D eigenvalue weighted by Gasteiger charge is 2.47. The van der Waals surface area contributed by atoms with Gasteiger partial charge in [0, 0.05) is 25.9 Å². The molecule has 2 saturated carbocycles. The van der Waals surface area contributed by atoms with Crippen molar-refractivity contribution in [1.82, 2.24) is 9.55 Å². The number of imidazole rings is 1. The predicted octanol–water partition coefficient (Wildman–Crippen LogP) is 1.37. The summed E-state index contributed by atoms with van der Waals surface area (Å²) >= 11 is 0. The van der Waals surface area contributed by atoms with Gasteiger partial charge >= 0.3 is 0 Å². The maximum absolute atomic E-state index is 10.1. The third-order valence-electron chi connectivity index (χ3n) is 4.14. The number of hydrogen-bond donors (Lipinski definition) is 1. The summed E-state index contributed by atoms with van der Waals surface area (Å²) in [5.74, 6) is 3.44. The number of nitrogens with zero attached hydrogens (tertiary/aromatic N) is 2. The monoisotopic (exact) mass is 206 g/mol. The van der Waals surface area contributed by atoms with E-state index in [1.807, 2.05) is 17.8 Å². The van der Waals surface area contributed by atoms with E-state index in [1.54, 1.807) is 6.20 Å². The zero-order chi connectivity index (χ0) is 10.4. The Kier molecular flexibility index (Phi) is 2.09. The zero-order valence-corrected chi connectivity index (χ0v) is 9.13. The predicted molar refractivity (Wildman–Crippen MR) is 57.2 cm³/mol. The molecule has 0 spiro atoms. The average molecular weight is 206 g/mol. The van der Waals surface area contributed by atoms with Crippen molar-refractivity contribution in [1.29, 1.82) is 0 Å². The van der Waals surface area contributed by atoms with E-state index in [4.69, 9.17) is 0 Å². The van der Waals surface area contributed by atoms with Gasteiger partial charge in [-0.2, -0.15) is 0 Å². The third-order valence-corrected chi connectivity index (χ3v) is 4.14. The van der Waals surface area contributed by atoms with Crippen LogP contribution in [0.15, 0.2) is 12.4 Å². The molecule has 0 aromatic carbocycles. The van der Waals surface area contributed by atoms with Crippen LogP contribution >= 0.6 is 0 Å². The Morgan fingerprint density at radius 2 is 2.20 bits per heavy atom. The van der Waals surface area contributed by atoms with Gasteiger partial charge in [-0.05, 0) is 37.0 Å². The molecule has 82 valence electrons.